The minimum absolute atomic E-state index is 0. The van der Waals surface area contributed by atoms with Crippen molar-refractivity contribution in [2.24, 2.45) is 58.1 Å². The van der Waals surface area contributed by atoms with Crippen molar-refractivity contribution in [2.45, 2.75) is 18.4 Å². The maximum Gasteiger partial charge on any atom is 0.193 e. The summed E-state index contributed by atoms with van der Waals surface area (Å²) in [6.45, 7) is 0.425. The summed E-state index contributed by atoms with van der Waals surface area (Å²) in [6, 6.07) is 5.54. The number of benzene rings is 1. The average Bonchev–Trinajstić information content (AvgIpc) is 3.19. The van der Waals surface area contributed by atoms with Gasteiger partial charge in [0.2, 0.25) is 0 Å². The number of halogens is 1. The van der Waals surface area contributed by atoms with Gasteiger partial charge in [0.15, 0.2) is 17.5 Å². The van der Waals surface area contributed by atoms with E-state index in [1.54, 1.807) is 14.2 Å². The summed E-state index contributed by atoms with van der Waals surface area (Å²) in [5.41, 5.74) is 6.31. The first kappa shape index (κ1) is 18.8. The molecule has 28 heavy (non-hydrogen) atoms. The Hall–Kier alpha value is -1.22. The topological polar surface area (TPSA) is 89.1 Å². The first-order valence-corrected chi connectivity index (χ1v) is 10.1. The molecule has 5 fully saturated rings. The molecule has 1 aromatic rings. The fourth-order valence-corrected chi connectivity index (χ4v) is 8.25. The second kappa shape index (κ2) is 6.14. The third kappa shape index (κ3) is 2.10. The molecular weight excluding hydrogens is 469 g/mol. The van der Waals surface area contributed by atoms with E-state index >= 15 is 0 Å². The SMILES string of the molecule is COc1ccc(NC(N)=NCC2(O)C3C4CC5C6C4CC3C6C52)cc1OC.I. The molecule has 0 amide bonds. The van der Waals surface area contributed by atoms with Crippen LogP contribution in [0.5, 0.6) is 11.5 Å². The van der Waals surface area contributed by atoms with Gasteiger partial charge < -0.3 is 25.6 Å². The van der Waals surface area contributed by atoms with Crippen molar-refractivity contribution in [3.8, 4) is 11.5 Å². The normalized spacial score (nSPS) is 45.8. The van der Waals surface area contributed by atoms with E-state index < -0.39 is 5.60 Å². The predicted molar refractivity (Wildman–Crippen MR) is 117 cm³/mol. The Morgan fingerprint density at radius 1 is 1.11 bits per heavy atom. The molecule has 0 radical (unpaired) electrons. The number of nitrogens with one attached hydrogen (secondary N) is 1. The van der Waals surface area contributed by atoms with E-state index in [0.717, 1.165) is 41.2 Å². The minimum Gasteiger partial charge on any atom is -0.493 e. The van der Waals surface area contributed by atoms with Crippen LogP contribution in [-0.4, -0.2) is 37.4 Å². The third-order valence-corrected chi connectivity index (χ3v) is 8.68. The van der Waals surface area contributed by atoms with E-state index in [4.69, 9.17) is 15.2 Å². The van der Waals surface area contributed by atoms with Gasteiger partial charge in [-0.3, -0.25) is 4.99 Å². The van der Waals surface area contributed by atoms with Crippen LogP contribution in [0.2, 0.25) is 0 Å². The Kier molecular flexibility index (Phi) is 4.12. The summed E-state index contributed by atoms with van der Waals surface area (Å²) in [5.74, 6) is 7.47. The quantitative estimate of drug-likeness (QED) is 0.331. The number of aliphatic hydroxyl groups is 1. The number of ether oxygens (including phenoxy) is 2. The van der Waals surface area contributed by atoms with E-state index in [1.165, 1.54) is 12.8 Å². The molecular formula is C21H28IN3O3. The zero-order chi connectivity index (χ0) is 18.5. The van der Waals surface area contributed by atoms with Gasteiger partial charge >= 0.3 is 0 Å². The second-order valence-corrected chi connectivity index (χ2v) is 9.22. The lowest BCUT2D eigenvalue weighted by Crippen LogP contribution is -2.56. The van der Waals surface area contributed by atoms with Gasteiger partial charge in [-0.25, -0.2) is 0 Å². The van der Waals surface area contributed by atoms with E-state index in [9.17, 15) is 5.11 Å². The summed E-state index contributed by atoms with van der Waals surface area (Å²) in [7, 11) is 3.22. The van der Waals surface area contributed by atoms with Gasteiger partial charge in [-0.2, -0.15) is 0 Å². The fraction of sp³-hybridized carbons (Fsp3) is 0.667. The number of hydrogen-bond acceptors (Lipinski definition) is 4. The summed E-state index contributed by atoms with van der Waals surface area (Å²) >= 11 is 0. The molecule has 9 atom stereocenters. The number of anilines is 1. The lowest BCUT2D eigenvalue weighted by molar-refractivity contribution is -0.123. The van der Waals surface area contributed by atoms with Crippen molar-refractivity contribution in [1.82, 2.24) is 0 Å². The zero-order valence-electron chi connectivity index (χ0n) is 16.2. The van der Waals surface area contributed by atoms with Crippen molar-refractivity contribution < 1.29 is 14.6 Å². The van der Waals surface area contributed by atoms with Crippen LogP contribution in [0.25, 0.3) is 0 Å². The van der Waals surface area contributed by atoms with E-state index in [0.29, 0.717) is 35.8 Å². The molecule has 7 heteroatoms. The Labute approximate surface area is 182 Å². The number of rotatable bonds is 5. The Bertz CT molecular complexity index is 842. The summed E-state index contributed by atoms with van der Waals surface area (Å²) in [4.78, 5) is 4.58. The lowest BCUT2D eigenvalue weighted by atomic mass is 9.56. The number of fused-ring (bicyclic) bond motifs is 2. The van der Waals surface area contributed by atoms with Crippen LogP contribution >= 0.6 is 24.0 Å². The molecule has 5 saturated carbocycles. The van der Waals surface area contributed by atoms with Crippen LogP contribution in [0.3, 0.4) is 0 Å². The molecule has 0 aromatic heterocycles. The van der Waals surface area contributed by atoms with Crippen molar-refractivity contribution in [3.63, 3.8) is 0 Å². The minimum atomic E-state index is -0.630. The van der Waals surface area contributed by atoms with Crippen molar-refractivity contribution >= 4 is 35.6 Å². The predicted octanol–water partition coefficient (Wildman–Crippen LogP) is 2.56. The molecule has 9 unspecified atom stereocenters. The van der Waals surface area contributed by atoms with Crippen LogP contribution < -0.4 is 20.5 Å². The van der Waals surface area contributed by atoms with Gasteiger partial charge in [0.25, 0.3) is 0 Å². The summed E-state index contributed by atoms with van der Waals surface area (Å²) < 4.78 is 10.6. The van der Waals surface area contributed by atoms with Crippen molar-refractivity contribution in [1.29, 1.82) is 0 Å². The monoisotopic (exact) mass is 497 g/mol. The van der Waals surface area contributed by atoms with Crippen LogP contribution in [0.15, 0.2) is 23.2 Å². The van der Waals surface area contributed by atoms with Gasteiger partial charge in [0.1, 0.15) is 0 Å². The smallest absolute Gasteiger partial charge is 0.193 e. The highest BCUT2D eigenvalue weighted by atomic mass is 127. The maximum atomic E-state index is 11.6. The van der Waals surface area contributed by atoms with Crippen LogP contribution in [-0.2, 0) is 0 Å². The van der Waals surface area contributed by atoms with Gasteiger partial charge in [-0.15, -0.1) is 24.0 Å². The van der Waals surface area contributed by atoms with Crippen LogP contribution in [0.1, 0.15) is 12.8 Å². The van der Waals surface area contributed by atoms with Gasteiger partial charge in [-0.1, -0.05) is 0 Å². The number of nitrogens with two attached hydrogens (primary N) is 1. The molecule has 1 aromatic carbocycles. The fourth-order valence-electron chi connectivity index (χ4n) is 8.25. The maximum absolute atomic E-state index is 11.6. The molecule has 6 nitrogen and oxygen atoms in total. The molecule has 0 aliphatic heterocycles. The average molecular weight is 497 g/mol. The highest BCUT2D eigenvalue weighted by Crippen LogP contribution is 2.85. The molecule has 152 valence electrons. The van der Waals surface area contributed by atoms with E-state index in [1.807, 2.05) is 18.2 Å². The van der Waals surface area contributed by atoms with E-state index in [-0.39, 0.29) is 24.0 Å². The highest BCUT2D eigenvalue weighted by Gasteiger charge is 2.84. The second-order valence-electron chi connectivity index (χ2n) is 9.22. The zero-order valence-corrected chi connectivity index (χ0v) is 18.5. The van der Waals surface area contributed by atoms with E-state index in [2.05, 4.69) is 10.3 Å². The Balaban J connectivity index is 0.00000171. The first-order valence-electron chi connectivity index (χ1n) is 10.1. The van der Waals surface area contributed by atoms with Gasteiger partial charge in [-0.05, 0) is 72.3 Å². The molecule has 0 saturated heterocycles. The van der Waals surface area contributed by atoms with Crippen molar-refractivity contribution in [2.75, 3.05) is 26.1 Å². The third-order valence-electron chi connectivity index (χ3n) is 8.68. The summed E-state index contributed by atoms with van der Waals surface area (Å²) in [6.07, 6.45) is 2.73. The number of methoxy groups -OCH3 is 2. The number of aliphatic imine (C=N–C) groups is 1. The standard InChI is InChI=1S/C21H27N3O3.HI/c1-26-14-4-3-9(5-15(14)27-2)24-20(22)23-8-21(25)18-11-7-12-16-10(11)6-13(18)17(16)19(12)21;/h3-5,10-13,16-19,25H,6-8H2,1-2H3,(H3,22,23,24);1H. The number of guanidine groups is 1. The molecule has 0 heterocycles. The highest BCUT2D eigenvalue weighted by molar-refractivity contribution is 14.0. The van der Waals surface area contributed by atoms with Crippen LogP contribution in [0, 0.1) is 47.3 Å². The lowest BCUT2D eigenvalue weighted by Gasteiger charge is -2.51. The van der Waals surface area contributed by atoms with Gasteiger partial charge in [0.05, 0.1) is 26.4 Å². The Morgan fingerprint density at radius 3 is 2.57 bits per heavy atom. The molecule has 4 N–H and O–H groups in total. The van der Waals surface area contributed by atoms with Crippen LogP contribution in [0.4, 0.5) is 5.69 Å². The summed E-state index contributed by atoms with van der Waals surface area (Å²) in [5, 5.41) is 14.7. The molecule has 6 rings (SSSR count). The van der Waals surface area contributed by atoms with Gasteiger partial charge in [0, 0.05) is 11.8 Å². The van der Waals surface area contributed by atoms with Crippen molar-refractivity contribution in [3.05, 3.63) is 18.2 Å². The first-order chi connectivity index (χ1) is 13.1. The Morgan fingerprint density at radius 2 is 1.82 bits per heavy atom. The molecule has 5 aliphatic carbocycles. The molecule has 0 spiro atoms. The largest absolute Gasteiger partial charge is 0.493 e. The molecule has 2 bridgehead atoms. The number of hydrogen-bond donors (Lipinski definition) is 3. The molecule has 5 aliphatic rings. The number of nitrogens with zero attached hydrogens (tertiary/aromatic N) is 1.